The van der Waals surface area contributed by atoms with Crippen molar-refractivity contribution in [2.45, 2.75) is 19.9 Å². The van der Waals surface area contributed by atoms with Crippen LogP contribution in [0.25, 0.3) is 0 Å². The summed E-state index contributed by atoms with van der Waals surface area (Å²) in [5.74, 6) is 0.780. The molecule has 1 fully saturated rings. The fourth-order valence-electron chi connectivity index (χ4n) is 1.78. The lowest BCUT2D eigenvalue weighted by Crippen LogP contribution is -2.51. The Morgan fingerprint density at radius 1 is 1.56 bits per heavy atom. The molecule has 0 saturated carbocycles. The van der Waals surface area contributed by atoms with Gasteiger partial charge in [0.2, 0.25) is 5.91 Å². The Kier molecular flexibility index (Phi) is 3.61. The van der Waals surface area contributed by atoms with E-state index in [1.54, 1.807) is 11.3 Å². The summed E-state index contributed by atoms with van der Waals surface area (Å²) >= 11 is 1.71. The molecule has 1 aromatic rings. The number of nitrogens with one attached hydrogen (secondary N) is 2. The molecule has 0 bridgehead atoms. The second-order valence-electron chi connectivity index (χ2n) is 4.60. The van der Waals surface area contributed by atoms with Crippen LogP contribution in [-0.4, -0.2) is 19.0 Å². The molecule has 1 aliphatic rings. The van der Waals surface area contributed by atoms with Gasteiger partial charge in [-0.25, -0.2) is 0 Å². The number of amides is 1. The van der Waals surface area contributed by atoms with Gasteiger partial charge >= 0.3 is 0 Å². The highest BCUT2D eigenvalue weighted by atomic mass is 32.1. The van der Waals surface area contributed by atoms with Crippen LogP contribution in [-0.2, 0) is 4.79 Å². The minimum absolute atomic E-state index is 0.160. The van der Waals surface area contributed by atoms with E-state index in [4.69, 9.17) is 0 Å². The summed E-state index contributed by atoms with van der Waals surface area (Å²) in [4.78, 5) is 13.1. The monoisotopic (exact) mass is 238 g/mol. The van der Waals surface area contributed by atoms with Gasteiger partial charge in [-0.3, -0.25) is 4.79 Å². The largest absolute Gasteiger partial charge is 0.348 e. The minimum Gasteiger partial charge on any atom is -0.348 e. The van der Waals surface area contributed by atoms with Gasteiger partial charge < -0.3 is 10.6 Å². The molecule has 4 heteroatoms. The Morgan fingerprint density at radius 2 is 2.31 bits per heavy atom. The van der Waals surface area contributed by atoms with Crippen LogP contribution in [0.3, 0.4) is 0 Å². The maximum absolute atomic E-state index is 11.9. The second kappa shape index (κ2) is 4.97. The van der Waals surface area contributed by atoms with Gasteiger partial charge in [0.05, 0.1) is 12.0 Å². The van der Waals surface area contributed by atoms with Crippen molar-refractivity contribution in [3.8, 4) is 0 Å². The molecule has 1 aliphatic heterocycles. The van der Waals surface area contributed by atoms with Crippen LogP contribution in [0.1, 0.15) is 24.8 Å². The third kappa shape index (κ3) is 2.44. The number of hydrogen-bond donors (Lipinski definition) is 2. The van der Waals surface area contributed by atoms with Crippen LogP contribution in [0.2, 0.25) is 0 Å². The molecular formula is C12H18N2OS. The molecule has 1 unspecified atom stereocenters. The van der Waals surface area contributed by atoms with E-state index < -0.39 is 0 Å². The molecule has 0 aliphatic carbocycles. The van der Waals surface area contributed by atoms with Gasteiger partial charge in [0.1, 0.15) is 0 Å². The van der Waals surface area contributed by atoms with E-state index in [0.717, 1.165) is 13.1 Å². The Labute approximate surface area is 100 Å². The molecule has 0 radical (unpaired) electrons. The lowest BCUT2D eigenvalue weighted by Gasteiger charge is -2.29. The van der Waals surface area contributed by atoms with Gasteiger partial charge in [0.25, 0.3) is 0 Å². The van der Waals surface area contributed by atoms with Crippen molar-refractivity contribution in [2.24, 2.45) is 11.8 Å². The van der Waals surface area contributed by atoms with E-state index in [9.17, 15) is 4.79 Å². The van der Waals surface area contributed by atoms with Crippen LogP contribution >= 0.6 is 11.3 Å². The molecule has 16 heavy (non-hydrogen) atoms. The Morgan fingerprint density at radius 3 is 2.75 bits per heavy atom. The van der Waals surface area contributed by atoms with Crippen molar-refractivity contribution in [3.63, 3.8) is 0 Å². The Balaban J connectivity index is 2.00. The number of hydrogen-bond acceptors (Lipinski definition) is 3. The lowest BCUT2D eigenvalue weighted by molar-refractivity contribution is -0.127. The van der Waals surface area contributed by atoms with Crippen molar-refractivity contribution in [3.05, 3.63) is 22.4 Å². The first-order valence-electron chi connectivity index (χ1n) is 5.73. The molecule has 1 aromatic heterocycles. The highest BCUT2D eigenvalue weighted by Gasteiger charge is 2.28. The van der Waals surface area contributed by atoms with Crippen LogP contribution < -0.4 is 10.6 Å². The van der Waals surface area contributed by atoms with Crippen molar-refractivity contribution < 1.29 is 4.79 Å². The molecule has 0 aromatic carbocycles. The zero-order chi connectivity index (χ0) is 11.5. The predicted octanol–water partition coefficient (Wildman–Crippen LogP) is 1.78. The Hall–Kier alpha value is -0.870. The summed E-state index contributed by atoms with van der Waals surface area (Å²) in [6.45, 7) is 5.93. The first kappa shape index (κ1) is 11.6. The first-order chi connectivity index (χ1) is 7.68. The summed E-state index contributed by atoms with van der Waals surface area (Å²) in [7, 11) is 0. The fourth-order valence-corrected chi connectivity index (χ4v) is 2.73. The Bertz CT molecular complexity index is 344. The SMILES string of the molecule is CC(C)C(NC(=O)C1CNC1)c1cccs1. The first-order valence-corrected chi connectivity index (χ1v) is 6.61. The van der Waals surface area contributed by atoms with Crippen molar-refractivity contribution in [1.29, 1.82) is 0 Å². The number of thiophene rings is 1. The zero-order valence-corrected chi connectivity index (χ0v) is 10.5. The summed E-state index contributed by atoms with van der Waals surface area (Å²) < 4.78 is 0. The van der Waals surface area contributed by atoms with E-state index in [0.29, 0.717) is 5.92 Å². The number of carbonyl (C=O) groups excluding carboxylic acids is 1. The predicted molar refractivity (Wildman–Crippen MR) is 66.4 cm³/mol. The number of rotatable bonds is 4. The second-order valence-corrected chi connectivity index (χ2v) is 5.58. The quantitative estimate of drug-likeness (QED) is 0.839. The van der Waals surface area contributed by atoms with Crippen LogP contribution in [0.15, 0.2) is 17.5 Å². The average Bonchev–Trinajstić information content (AvgIpc) is 2.63. The van der Waals surface area contributed by atoms with E-state index >= 15 is 0 Å². The molecule has 2 N–H and O–H groups in total. The smallest absolute Gasteiger partial charge is 0.226 e. The van der Waals surface area contributed by atoms with E-state index in [2.05, 4.69) is 35.9 Å². The molecule has 1 atom stereocenters. The van der Waals surface area contributed by atoms with Crippen molar-refractivity contribution in [1.82, 2.24) is 10.6 Å². The summed E-state index contributed by atoms with van der Waals surface area (Å²) in [5, 5.41) is 8.33. The minimum atomic E-state index is 0.160. The van der Waals surface area contributed by atoms with Crippen LogP contribution in [0.4, 0.5) is 0 Å². The summed E-state index contributed by atoms with van der Waals surface area (Å²) in [6, 6.07) is 4.29. The van der Waals surface area contributed by atoms with Crippen LogP contribution in [0, 0.1) is 11.8 Å². The maximum atomic E-state index is 11.9. The lowest BCUT2D eigenvalue weighted by atomic mass is 9.98. The molecule has 2 heterocycles. The highest BCUT2D eigenvalue weighted by Crippen LogP contribution is 2.26. The third-order valence-electron chi connectivity index (χ3n) is 2.97. The molecule has 1 amide bonds. The van der Waals surface area contributed by atoms with E-state index in [1.165, 1.54) is 4.88 Å². The average molecular weight is 238 g/mol. The third-order valence-corrected chi connectivity index (χ3v) is 3.92. The van der Waals surface area contributed by atoms with Crippen LogP contribution in [0.5, 0.6) is 0 Å². The summed E-state index contributed by atoms with van der Waals surface area (Å²) in [6.07, 6.45) is 0. The molecule has 1 saturated heterocycles. The van der Waals surface area contributed by atoms with Gasteiger partial charge in [0.15, 0.2) is 0 Å². The maximum Gasteiger partial charge on any atom is 0.226 e. The van der Waals surface area contributed by atoms with Gasteiger partial charge in [-0.05, 0) is 17.4 Å². The van der Waals surface area contributed by atoms with Gasteiger partial charge in [-0.1, -0.05) is 19.9 Å². The molecular weight excluding hydrogens is 220 g/mol. The van der Waals surface area contributed by atoms with Crippen molar-refractivity contribution >= 4 is 17.2 Å². The van der Waals surface area contributed by atoms with E-state index in [-0.39, 0.29) is 17.9 Å². The highest BCUT2D eigenvalue weighted by molar-refractivity contribution is 7.10. The molecule has 0 spiro atoms. The number of carbonyl (C=O) groups is 1. The molecule has 2 rings (SSSR count). The molecule has 3 nitrogen and oxygen atoms in total. The van der Waals surface area contributed by atoms with Gasteiger partial charge in [0, 0.05) is 18.0 Å². The van der Waals surface area contributed by atoms with Gasteiger partial charge in [-0.15, -0.1) is 11.3 Å². The van der Waals surface area contributed by atoms with E-state index in [1.807, 2.05) is 6.07 Å². The topological polar surface area (TPSA) is 41.1 Å². The zero-order valence-electron chi connectivity index (χ0n) is 9.69. The van der Waals surface area contributed by atoms with Crippen molar-refractivity contribution in [2.75, 3.05) is 13.1 Å². The fraction of sp³-hybridized carbons (Fsp3) is 0.583. The van der Waals surface area contributed by atoms with Gasteiger partial charge in [-0.2, -0.15) is 0 Å². The summed E-state index contributed by atoms with van der Waals surface area (Å²) in [5.41, 5.74) is 0. The molecule has 88 valence electrons. The standard InChI is InChI=1S/C12H18N2OS/c1-8(2)11(10-4-3-5-16-10)14-12(15)9-6-13-7-9/h3-5,8-9,11,13H,6-7H2,1-2H3,(H,14,15). The normalized spacial score (nSPS) is 18.2.